The van der Waals surface area contributed by atoms with E-state index < -0.39 is 35.6 Å². The fourth-order valence-corrected chi connectivity index (χ4v) is 3.11. The Hall–Kier alpha value is -2.09. The van der Waals surface area contributed by atoms with Crippen molar-refractivity contribution < 1.29 is 27.5 Å². The zero-order valence-electron chi connectivity index (χ0n) is 15.8. The van der Waals surface area contributed by atoms with E-state index in [2.05, 4.69) is 0 Å². The van der Waals surface area contributed by atoms with E-state index in [0.29, 0.717) is 32.5 Å². The highest BCUT2D eigenvalue weighted by Gasteiger charge is 2.35. The number of carbonyl (C=O) groups excluding carboxylic acids is 2. The molecule has 0 saturated carbocycles. The summed E-state index contributed by atoms with van der Waals surface area (Å²) in [6, 6.07) is 1.54. The fraction of sp³-hybridized carbons (Fsp3) is 0.579. The summed E-state index contributed by atoms with van der Waals surface area (Å²) < 4.78 is 46.0. The average Bonchev–Trinajstić information content (AvgIpc) is 2.99. The number of carbonyl (C=O) groups is 2. The lowest BCUT2D eigenvalue weighted by Crippen LogP contribution is -2.45. The molecule has 150 valence electrons. The predicted molar refractivity (Wildman–Crippen MR) is 95.9 cm³/mol. The molecule has 0 radical (unpaired) electrons. The Balaban J connectivity index is 2.34. The minimum Gasteiger partial charge on any atom is -0.443 e. The summed E-state index contributed by atoms with van der Waals surface area (Å²) in [5.74, 6) is -2.08. The van der Waals surface area contributed by atoms with Crippen LogP contribution in [0.5, 0.6) is 0 Å². The van der Waals surface area contributed by atoms with E-state index in [1.54, 1.807) is 20.8 Å². The van der Waals surface area contributed by atoms with Gasteiger partial charge in [-0.3, -0.25) is 14.1 Å². The van der Waals surface area contributed by atoms with Gasteiger partial charge in [0.1, 0.15) is 17.2 Å². The quantitative estimate of drug-likeness (QED) is 0.695. The summed E-state index contributed by atoms with van der Waals surface area (Å²) in [5.41, 5.74) is -1.48. The highest BCUT2D eigenvalue weighted by atomic mass is 19.1. The standard InChI is InChI=1S/C19H25F3N2O3/c1-19(2,3)27-18(26)24(13-5-8-23(11-13)7-4-6-20)14-9-16(21)15(12-25)17(22)10-14/h9-10,12-13H,4-8,11H2,1-3H3. The molecule has 1 aromatic rings. The number of aldehydes is 1. The molecule has 1 unspecified atom stereocenters. The first-order valence-corrected chi connectivity index (χ1v) is 8.91. The summed E-state index contributed by atoms with van der Waals surface area (Å²) in [6.45, 7) is 6.29. The Labute approximate surface area is 157 Å². The van der Waals surface area contributed by atoms with E-state index in [9.17, 15) is 22.8 Å². The molecule has 0 aromatic heterocycles. The van der Waals surface area contributed by atoms with Crippen LogP contribution in [0.2, 0.25) is 0 Å². The molecule has 1 aliphatic rings. The second kappa shape index (κ2) is 8.73. The minimum atomic E-state index is -1.04. The van der Waals surface area contributed by atoms with Gasteiger partial charge in [0.05, 0.1) is 24.0 Å². The second-order valence-corrected chi connectivity index (χ2v) is 7.58. The molecule has 0 spiro atoms. The van der Waals surface area contributed by atoms with Gasteiger partial charge in [0.2, 0.25) is 0 Å². The third-order valence-corrected chi connectivity index (χ3v) is 4.27. The molecule has 5 nitrogen and oxygen atoms in total. The number of likely N-dealkylation sites (tertiary alicyclic amines) is 1. The van der Waals surface area contributed by atoms with Crippen molar-refractivity contribution in [2.75, 3.05) is 31.2 Å². The maximum absolute atomic E-state index is 14.1. The van der Waals surface area contributed by atoms with Crippen LogP contribution >= 0.6 is 0 Å². The maximum Gasteiger partial charge on any atom is 0.415 e. The molecule has 2 rings (SSSR count). The van der Waals surface area contributed by atoms with Gasteiger partial charge in [0.15, 0.2) is 6.29 Å². The molecule has 8 heteroatoms. The van der Waals surface area contributed by atoms with E-state index in [-0.39, 0.29) is 18.0 Å². The number of ether oxygens (including phenoxy) is 1. The average molecular weight is 386 g/mol. The summed E-state index contributed by atoms with van der Waals surface area (Å²) in [5, 5.41) is 0. The minimum absolute atomic E-state index is 0.0119. The lowest BCUT2D eigenvalue weighted by atomic mass is 10.1. The Morgan fingerprint density at radius 1 is 1.33 bits per heavy atom. The van der Waals surface area contributed by atoms with E-state index in [1.807, 2.05) is 4.90 Å². The molecule has 1 aromatic carbocycles. The number of benzene rings is 1. The van der Waals surface area contributed by atoms with E-state index >= 15 is 0 Å². The summed E-state index contributed by atoms with van der Waals surface area (Å²) in [4.78, 5) is 26.8. The van der Waals surface area contributed by atoms with E-state index in [1.165, 1.54) is 4.90 Å². The van der Waals surface area contributed by atoms with Crippen molar-refractivity contribution in [1.82, 2.24) is 4.90 Å². The molecule has 1 amide bonds. The normalized spacial score (nSPS) is 17.8. The summed E-state index contributed by atoms with van der Waals surface area (Å²) >= 11 is 0. The lowest BCUT2D eigenvalue weighted by molar-refractivity contribution is 0.0566. The van der Waals surface area contributed by atoms with Gasteiger partial charge in [0, 0.05) is 19.6 Å². The predicted octanol–water partition coefficient (Wildman–Crippen LogP) is 3.95. The van der Waals surface area contributed by atoms with Gasteiger partial charge in [0.25, 0.3) is 0 Å². The summed E-state index contributed by atoms with van der Waals surface area (Å²) in [7, 11) is 0. The molecule has 1 fully saturated rings. The fourth-order valence-electron chi connectivity index (χ4n) is 3.11. The molecule has 1 saturated heterocycles. The topological polar surface area (TPSA) is 49.9 Å². The van der Waals surface area contributed by atoms with Gasteiger partial charge >= 0.3 is 6.09 Å². The second-order valence-electron chi connectivity index (χ2n) is 7.58. The highest BCUT2D eigenvalue weighted by molar-refractivity contribution is 5.89. The first kappa shape index (κ1) is 21.2. The maximum atomic E-state index is 14.1. The van der Waals surface area contributed by atoms with Crippen LogP contribution in [0.4, 0.5) is 23.7 Å². The zero-order chi connectivity index (χ0) is 20.2. The van der Waals surface area contributed by atoms with Crippen LogP contribution in [-0.4, -0.2) is 55.2 Å². The van der Waals surface area contributed by atoms with E-state index in [4.69, 9.17) is 4.74 Å². The van der Waals surface area contributed by atoms with E-state index in [0.717, 1.165) is 12.1 Å². The molecule has 27 heavy (non-hydrogen) atoms. The molecular weight excluding hydrogens is 361 g/mol. The molecular formula is C19H25F3N2O3. The van der Waals surface area contributed by atoms with Crippen molar-refractivity contribution in [3.05, 3.63) is 29.3 Å². The zero-order valence-corrected chi connectivity index (χ0v) is 15.8. The molecule has 1 heterocycles. The Morgan fingerprint density at radius 2 is 1.96 bits per heavy atom. The molecule has 0 bridgehead atoms. The number of hydrogen-bond donors (Lipinski definition) is 0. The van der Waals surface area contributed by atoms with Crippen LogP contribution in [0.15, 0.2) is 12.1 Å². The monoisotopic (exact) mass is 386 g/mol. The Bertz CT molecular complexity index is 668. The number of halogens is 3. The number of anilines is 1. The van der Waals surface area contributed by atoms with Crippen molar-refractivity contribution in [1.29, 1.82) is 0 Å². The van der Waals surface area contributed by atoms with Crippen LogP contribution in [0.3, 0.4) is 0 Å². The number of amides is 1. The van der Waals surface area contributed by atoms with Crippen molar-refractivity contribution in [3.63, 3.8) is 0 Å². The Kier molecular flexibility index (Phi) is 6.86. The molecule has 1 atom stereocenters. The number of alkyl halides is 1. The lowest BCUT2D eigenvalue weighted by Gasteiger charge is -2.32. The number of hydrogen-bond acceptors (Lipinski definition) is 4. The van der Waals surface area contributed by atoms with Crippen LogP contribution in [0, 0.1) is 11.6 Å². The number of nitrogens with zero attached hydrogens (tertiary/aromatic N) is 2. The first-order valence-electron chi connectivity index (χ1n) is 8.91. The van der Waals surface area contributed by atoms with Crippen molar-refractivity contribution in [2.24, 2.45) is 0 Å². The molecule has 0 N–H and O–H groups in total. The molecule has 0 aliphatic carbocycles. The van der Waals surface area contributed by atoms with Gasteiger partial charge in [-0.2, -0.15) is 0 Å². The van der Waals surface area contributed by atoms with Gasteiger partial charge in [-0.05, 0) is 45.7 Å². The largest absolute Gasteiger partial charge is 0.443 e. The van der Waals surface area contributed by atoms with Crippen LogP contribution in [-0.2, 0) is 4.74 Å². The van der Waals surface area contributed by atoms with Gasteiger partial charge < -0.3 is 9.64 Å². The van der Waals surface area contributed by atoms with Crippen LogP contribution in [0.25, 0.3) is 0 Å². The SMILES string of the molecule is CC(C)(C)OC(=O)N(c1cc(F)c(C=O)c(F)c1)C1CCN(CCCF)C1. The molecule has 1 aliphatic heterocycles. The van der Waals surface area contributed by atoms with Crippen molar-refractivity contribution >= 4 is 18.1 Å². The summed E-state index contributed by atoms with van der Waals surface area (Å²) in [6.07, 6.45) is 0.318. The highest BCUT2D eigenvalue weighted by Crippen LogP contribution is 2.28. The first-order chi connectivity index (χ1) is 12.7. The van der Waals surface area contributed by atoms with Gasteiger partial charge in [-0.1, -0.05) is 0 Å². The third-order valence-electron chi connectivity index (χ3n) is 4.27. The van der Waals surface area contributed by atoms with Gasteiger partial charge in [-0.15, -0.1) is 0 Å². The third kappa shape index (κ3) is 5.45. The van der Waals surface area contributed by atoms with Gasteiger partial charge in [-0.25, -0.2) is 13.6 Å². The van der Waals surface area contributed by atoms with Crippen LogP contribution in [0.1, 0.15) is 44.0 Å². The van der Waals surface area contributed by atoms with Crippen molar-refractivity contribution in [3.8, 4) is 0 Å². The number of rotatable bonds is 6. The smallest absolute Gasteiger partial charge is 0.415 e. The van der Waals surface area contributed by atoms with Crippen LogP contribution < -0.4 is 4.90 Å². The Morgan fingerprint density at radius 3 is 2.48 bits per heavy atom. The van der Waals surface area contributed by atoms with Crippen molar-refractivity contribution in [2.45, 2.75) is 45.3 Å².